The summed E-state index contributed by atoms with van der Waals surface area (Å²) in [5.74, 6) is -0.131. The highest BCUT2D eigenvalue weighted by Gasteiger charge is 2.37. The second-order valence-electron chi connectivity index (χ2n) is 5.71. The third-order valence-electron chi connectivity index (χ3n) is 4.52. The molecule has 2 aromatic rings. The van der Waals surface area contributed by atoms with Crippen LogP contribution < -0.4 is 4.74 Å². The van der Waals surface area contributed by atoms with E-state index in [-0.39, 0.29) is 11.0 Å². The maximum absolute atomic E-state index is 11.7. The number of esters is 1. The van der Waals surface area contributed by atoms with Gasteiger partial charge in [0.25, 0.3) is 0 Å². The van der Waals surface area contributed by atoms with Gasteiger partial charge in [-0.25, -0.2) is 14.8 Å². The van der Waals surface area contributed by atoms with Crippen LogP contribution in [0.2, 0.25) is 5.15 Å². The number of ether oxygens (including phenoxy) is 4. The van der Waals surface area contributed by atoms with E-state index in [0.29, 0.717) is 42.7 Å². The molecule has 1 aliphatic heterocycles. The van der Waals surface area contributed by atoms with Crippen molar-refractivity contribution in [2.45, 2.75) is 18.4 Å². The van der Waals surface area contributed by atoms with E-state index in [2.05, 4.69) is 14.7 Å². The summed E-state index contributed by atoms with van der Waals surface area (Å²) in [7, 11) is 4.52. The molecule has 1 aromatic heterocycles. The van der Waals surface area contributed by atoms with Gasteiger partial charge in [-0.1, -0.05) is 11.6 Å². The summed E-state index contributed by atoms with van der Waals surface area (Å²) in [4.78, 5) is 20.0. The van der Waals surface area contributed by atoms with Crippen LogP contribution in [-0.4, -0.2) is 50.5 Å². The zero-order chi connectivity index (χ0) is 18.0. The molecule has 1 aliphatic rings. The molecule has 1 fully saturated rings. The van der Waals surface area contributed by atoms with Crippen LogP contribution in [0.15, 0.2) is 12.1 Å². The van der Waals surface area contributed by atoms with Gasteiger partial charge in [0.05, 0.1) is 19.7 Å². The number of methoxy groups -OCH3 is 3. The average Bonchev–Trinajstić information content (AvgIpc) is 2.66. The van der Waals surface area contributed by atoms with Crippen LogP contribution in [0.5, 0.6) is 5.75 Å². The lowest BCUT2D eigenvalue weighted by Crippen LogP contribution is -2.36. The van der Waals surface area contributed by atoms with Crippen LogP contribution in [0.3, 0.4) is 0 Å². The van der Waals surface area contributed by atoms with Crippen LogP contribution in [0.1, 0.15) is 29.0 Å². The minimum absolute atomic E-state index is 0.0951. The number of carbonyl (C=O) groups excluding carboxylic acids is 1. The third kappa shape index (κ3) is 3.15. The van der Waals surface area contributed by atoms with Crippen molar-refractivity contribution < 1.29 is 23.7 Å². The van der Waals surface area contributed by atoms with Crippen molar-refractivity contribution in [2.75, 3.05) is 34.5 Å². The number of hydrogen-bond donors (Lipinski definition) is 0. The molecule has 134 valence electrons. The highest BCUT2D eigenvalue weighted by atomic mass is 35.5. The summed E-state index contributed by atoms with van der Waals surface area (Å²) >= 11 is 6.29. The summed E-state index contributed by atoms with van der Waals surface area (Å²) in [6, 6.07) is 3.60. The molecule has 0 N–H and O–H groups in total. The molecule has 0 spiro atoms. The lowest BCUT2D eigenvalue weighted by Gasteiger charge is -2.37. The van der Waals surface area contributed by atoms with Gasteiger partial charge in [-0.2, -0.15) is 0 Å². The summed E-state index contributed by atoms with van der Waals surface area (Å²) in [6.45, 7) is 1.20. The van der Waals surface area contributed by atoms with Crippen molar-refractivity contribution in [1.29, 1.82) is 0 Å². The van der Waals surface area contributed by atoms with Crippen LogP contribution in [0.4, 0.5) is 0 Å². The predicted molar refractivity (Wildman–Crippen MR) is 91.2 cm³/mol. The normalized spacial score (nSPS) is 16.6. The van der Waals surface area contributed by atoms with E-state index in [9.17, 15) is 4.79 Å². The molecule has 0 saturated carbocycles. The van der Waals surface area contributed by atoms with Crippen LogP contribution in [0.25, 0.3) is 10.9 Å². The second-order valence-corrected chi connectivity index (χ2v) is 6.07. The molecule has 0 unspecified atom stereocenters. The van der Waals surface area contributed by atoms with Gasteiger partial charge in [0.1, 0.15) is 16.5 Å². The fraction of sp³-hybridized carbons (Fsp3) is 0.471. The number of carbonyl (C=O) groups is 1. The van der Waals surface area contributed by atoms with Gasteiger partial charge in [-0.3, -0.25) is 0 Å². The van der Waals surface area contributed by atoms with Gasteiger partial charge < -0.3 is 18.9 Å². The first-order valence-electron chi connectivity index (χ1n) is 7.81. The first-order valence-corrected chi connectivity index (χ1v) is 8.19. The molecule has 3 rings (SSSR count). The third-order valence-corrected chi connectivity index (χ3v) is 4.81. The van der Waals surface area contributed by atoms with Gasteiger partial charge >= 0.3 is 5.97 Å². The molecule has 7 nitrogen and oxygen atoms in total. The Labute approximate surface area is 150 Å². The number of halogens is 1. The molecular formula is C17H19ClN2O5. The lowest BCUT2D eigenvalue weighted by atomic mass is 9.85. The van der Waals surface area contributed by atoms with Crippen molar-refractivity contribution in [3.63, 3.8) is 0 Å². The van der Waals surface area contributed by atoms with Gasteiger partial charge in [0.2, 0.25) is 5.82 Å². The molecule has 1 aromatic carbocycles. The monoisotopic (exact) mass is 366 g/mol. The van der Waals surface area contributed by atoms with Crippen molar-refractivity contribution >= 4 is 28.5 Å². The van der Waals surface area contributed by atoms with Crippen LogP contribution >= 0.6 is 11.6 Å². The molecule has 0 amide bonds. The highest BCUT2D eigenvalue weighted by molar-refractivity contribution is 6.34. The molecule has 0 atom stereocenters. The summed E-state index contributed by atoms with van der Waals surface area (Å²) in [5, 5.41) is 0.792. The first-order chi connectivity index (χ1) is 12.0. The lowest BCUT2D eigenvalue weighted by molar-refractivity contribution is -0.0956. The molecule has 1 saturated heterocycles. The summed E-state index contributed by atoms with van der Waals surface area (Å²) in [6.07, 6.45) is 1.40. The van der Waals surface area contributed by atoms with Crippen molar-refractivity contribution in [3.05, 3.63) is 28.7 Å². The van der Waals surface area contributed by atoms with E-state index >= 15 is 0 Å². The zero-order valence-corrected chi connectivity index (χ0v) is 15.1. The Balaban J connectivity index is 2.20. The minimum Gasteiger partial charge on any atom is -0.496 e. The van der Waals surface area contributed by atoms with E-state index in [1.54, 1.807) is 20.3 Å². The smallest absolute Gasteiger partial charge is 0.376 e. The Morgan fingerprint density at radius 1 is 1.20 bits per heavy atom. The maximum atomic E-state index is 11.7. The largest absolute Gasteiger partial charge is 0.496 e. The van der Waals surface area contributed by atoms with Crippen LogP contribution in [0, 0.1) is 0 Å². The number of nitrogens with zero attached hydrogens (tertiary/aromatic N) is 2. The Morgan fingerprint density at radius 3 is 2.52 bits per heavy atom. The van der Waals surface area contributed by atoms with Gasteiger partial charge in [-0.05, 0) is 6.07 Å². The molecule has 25 heavy (non-hydrogen) atoms. The Morgan fingerprint density at radius 2 is 1.92 bits per heavy atom. The van der Waals surface area contributed by atoms with E-state index in [0.717, 1.165) is 5.56 Å². The SMILES string of the molecule is COC(=O)c1nc(Cl)c2cc(C3(OC)CCOCC3)c(OC)cc2n1. The molecule has 8 heteroatoms. The van der Waals surface area contributed by atoms with Crippen molar-refractivity contribution in [3.8, 4) is 5.75 Å². The maximum Gasteiger partial charge on any atom is 0.376 e. The Bertz CT molecular complexity index is 805. The van der Waals surface area contributed by atoms with Crippen molar-refractivity contribution in [2.24, 2.45) is 0 Å². The fourth-order valence-corrected chi connectivity index (χ4v) is 3.34. The Hall–Kier alpha value is -1.96. The van der Waals surface area contributed by atoms with Gasteiger partial charge in [0.15, 0.2) is 0 Å². The predicted octanol–water partition coefficient (Wildman–Crippen LogP) is 2.73. The van der Waals surface area contributed by atoms with E-state index < -0.39 is 11.6 Å². The van der Waals surface area contributed by atoms with E-state index in [1.165, 1.54) is 7.11 Å². The first kappa shape index (κ1) is 17.8. The van der Waals surface area contributed by atoms with E-state index in [1.807, 2.05) is 6.07 Å². The van der Waals surface area contributed by atoms with Gasteiger partial charge in [0, 0.05) is 50.2 Å². The number of fused-ring (bicyclic) bond motifs is 1. The minimum atomic E-state index is -0.648. The quantitative estimate of drug-likeness (QED) is 0.608. The molecule has 0 aliphatic carbocycles. The Kier molecular flexibility index (Phi) is 5.08. The fourth-order valence-electron chi connectivity index (χ4n) is 3.11. The number of aromatic nitrogens is 2. The topological polar surface area (TPSA) is 79.8 Å². The average molecular weight is 367 g/mol. The van der Waals surface area contributed by atoms with E-state index in [4.69, 9.17) is 25.8 Å². The standard InChI is InChI=1S/C17H19ClN2O5/c1-22-13-9-12-10(14(18)20-15(19-12)16(21)23-2)8-11(13)17(24-3)4-6-25-7-5-17/h8-9H,4-7H2,1-3H3. The molecule has 0 radical (unpaired) electrons. The summed E-state index contributed by atoms with van der Waals surface area (Å²) < 4.78 is 21.5. The molecule has 2 heterocycles. The van der Waals surface area contributed by atoms with Crippen LogP contribution in [-0.2, 0) is 19.8 Å². The summed E-state index contributed by atoms with van der Waals surface area (Å²) in [5.41, 5.74) is 0.839. The number of benzene rings is 1. The molecular weight excluding hydrogens is 348 g/mol. The number of rotatable bonds is 4. The molecule has 0 bridgehead atoms. The number of hydrogen-bond acceptors (Lipinski definition) is 7. The zero-order valence-electron chi connectivity index (χ0n) is 14.3. The van der Waals surface area contributed by atoms with Crippen molar-refractivity contribution in [1.82, 2.24) is 9.97 Å². The second kappa shape index (κ2) is 7.11. The van der Waals surface area contributed by atoms with Gasteiger partial charge in [-0.15, -0.1) is 0 Å². The highest BCUT2D eigenvalue weighted by Crippen LogP contribution is 2.42.